The maximum absolute atomic E-state index is 13.7. The average Bonchev–Trinajstić information content (AvgIpc) is 2.86. The Kier molecular flexibility index (Phi) is 6.03. The minimum Gasteiger partial charge on any atom is -0.200 e. The van der Waals surface area contributed by atoms with E-state index >= 15 is 0 Å². The third-order valence-electron chi connectivity index (χ3n) is 8.27. The summed E-state index contributed by atoms with van der Waals surface area (Å²) in [6, 6.07) is 18.9. The highest BCUT2D eigenvalue weighted by molar-refractivity contribution is 8.00. The minimum atomic E-state index is -4.26. The first kappa shape index (κ1) is 26.2. The highest BCUT2D eigenvalue weighted by Gasteiger charge is 2.47. The number of pyridine rings is 1. The smallest absolute Gasteiger partial charge is 0.200 e. The zero-order valence-corrected chi connectivity index (χ0v) is 24.1. The van der Waals surface area contributed by atoms with Crippen LogP contribution < -0.4 is 4.57 Å². The van der Waals surface area contributed by atoms with Crippen molar-refractivity contribution < 1.29 is 17.7 Å². The van der Waals surface area contributed by atoms with E-state index in [0.29, 0.717) is 11.5 Å². The van der Waals surface area contributed by atoms with Crippen molar-refractivity contribution in [3.05, 3.63) is 77.5 Å². The van der Waals surface area contributed by atoms with E-state index in [1.807, 2.05) is 30.0 Å². The normalized spacial score (nSPS) is 13.6. The van der Waals surface area contributed by atoms with Gasteiger partial charge in [0.1, 0.15) is 7.05 Å². The number of aryl methyl sites for hydroxylation is 2. The lowest BCUT2D eigenvalue weighted by atomic mass is 9.84. The van der Waals surface area contributed by atoms with Crippen molar-refractivity contribution in [2.45, 2.75) is 63.4 Å². The molecule has 0 N–H and O–H groups in total. The van der Waals surface area contributed by atoms with Gasteiger partial charge < -0.3 is 0 Å². The molecule has 0 saturated carbocycles. The van der Waals surface area contributed by atoms with Crippen molar-refractivity contribution in [3.8, 4) is 11.3 Å². The van der Waals surface area contributed by atoms with Crippen molar-refractivity contribution in [2.75, 3.05) is 0 Å². The number of hydrogen-bond donors (Lipinski definition) is 0. The van der Waals surface area contributed by atoms with Crippen molar-refractivity contribution in [1.29, 1.82) is 0 Å². The summed E-state index contributed by atoms with van der Waals surface area (Å²) in [5.41, 5.74) is 4.06. The molecule has 0 aliphatic carbocycles. The molecule has 1 nitrogen and oxygen atoms in total. The number of aromatic nitrogens is 1. The zero-order valence-electron chi connectivity index (χ0n) is 23.3. The van der Waals surface area contributed by atoms with Crippen LogP contribution in [0.3, 0.4) is 0 Å². The molecular formula is C34H33F3NS+. The number of fused-ring (bicyclic) bond motifs is 5. The zero-order chi connectivity index (χ0) is 27.9. The molecule has 0 radical (unpaired) electrons. The topological polar surface area (TPSA) is 3.88 Å². The van der Waals surface area contributed by atoms with Crippen LogP contribution in [-0.4, -0.2) is 6.18 Å². The predicted molar refractivity (Wildman–Crippen MR) is 157 cm³/mol. The molecule has 0 unspecified atom stereocenters. The minimum absolute atomic E-state index is 0.0512. The molecule has 1 aliphatic heterocycles. The summed E-state index contributed by atoms with van der Waals surface area (Å²) in [5, 5.41) is 6.96. The molecule has 0 atom stereocenters. The number of alkyl halides is 3. The van der Waals surface area contributed by atoms with E-state index in [0.717, 1.165) is 22.6 Å². The molecule has 6 rings (SSSR count). The van der Waals surface area contributed by atoms with E-state index in [-0.39, 0.29) is 6.42 Å². The van der Waals surface area contributed by atoms with E-state index in [2.05, 4.69) is 75.0 Å². The number of hydrogen-bond acceptors (Lipinski definition) is 1. The molecule has 5 heteroatoms. The maximum atomic E-state index is 13.7. The predicted octanol–water partition coefficient (Wildman–Crippen LogP) is 9.74. The van der Waals surface area contributed by atoms with Crippen molar-refractivity contribution in [3.63, 3.8) is 0 Å². The molecule has 2 heterocycles. The van der Waals surface area contributed by atoms with Gasteiger partial charge >= 0.3 is 6.18 Å². The molecule has 1 aliphatic rings. The van der Waals surface area contributed by atoms with Crippen LogP contribution in [0.2, 0.25) is 0 Å². The summed E-state index contributed by atoms with van der Waals surface area (Å²) in [7, 11) is 2.10. The van der Waals surface area contributed by atoms with Crippen LogP contribution in [0.25, 0.3) is 43.6 Å². The Balaban J connectivity index is 1.66. The van der Waals surface area contributed by atoms with Crippen LogP contribution in [0.5, 0.6) is 0 Å². The van der Waals surface area contributed by atoms with Crippen molar-refractivity contribution in [2.24, 2.45) is 18.4 Å². The summed E-state index contributed by atoms with van der Waals surface area (Å²) >= 11 is 1.85. The fourth-order valence-electron chi connectivity index (χ4n) is 6.17. The molecule has 200 valence electrons. The first-order chi connectivity index (χ1) is 18.4. The first-order valence-corrected chi connectivity index (χ1v) is 14.4. The summed E-state index contributed by atoms with van der Waals surface area (Å²) < 4.78 is 43.3. The lowest BCUT2D eigenvalue weighted by Gasteiger charge is -2.28. The second kappa shape index (κ2) is 8.99. The van der Waals surface area contributed by atoms with Crippen LogP contribution in [0, 0.1) is 18.3 Å². The molecule has 0 amide bonds. The Hall–Kier alpha value is -3.05. The molecule has 0 bridgehead atoms. The van der Waals surface area contributed by atoms with Gasteiger partial charge in [-0.15, -0.1) is 0 Å². The third kappa shape index (κ3) is 4.12. The monoisotopic (exact) mass is 544 g/mol. The van der Waals surface area contributed by atoms with E-state index in [1.165, 1.54) is 62.2 Å². The standard InChI is InChI=1S/C34H33F3NS/c1-19(2)15-27-24-10-8-7-9-23(24)20(3)29-31-30-25(13-14-38(31)6)26-16-21(18-33(4,5)34(35,36)37)11-12-22(26)17-28(30)39-32(27)29/h7-14,16-17,19H,15,18H2,1-6H3/q+1. The Morgan fingerprint density at radius 1 is 0.897 bits per heavy atom. The van der Waals surface area contributed by atoms with E-state index in [9.17, 15) is 13.2 Å². The Labute approximate surface area is 232 Å². The van der Waals surface area contributed by atoms with Gasteiger partial charge in [0, 0.05) is 21.2 Å². The second-order valence-corrected chi connectivity index (χ2v) is 13.2. The van der Waals surface area contributed by atoms with Crippen molar-refractivity contribution >= 4 is 44.1 Å². The van der Waals surface area contributed by atoms with Gasteiger partial charge in [0.05, 0.1) is 16.4 Å². The first-order valence-electron chi connectivity index (χ1n) is 13.5. The second-order valence-electron chi connectivity index (χ2n) is 12.1. The fraction of sp³-hybridized carbons (Fsp3) is 0.324. The van der Waals surface area contributed by atoms with E-state index < -0.39 is 11.6 Å². The van der Waals surface area contributed by atoms with Crippen LogP contribution in [-0.2, 0) is 19.9 Å². The summed E-state index contributed by atoms with van der Waals surface area (Å²) in [6.45, 7) is 9.33. The third-order valence-corrected chi connectivity index (χ3v) is 9.47. The number of nitrogens with zero attached hydrogens (tertiary/aromatic N) is 1. The van der Waals surface area contributed by atoms with Crippen molar-refractivity contribution in [1.82, 2.24) is 0 Å². The molecule has 0 fully saturated rings. The maximum Gasteiger partial charge on any atom is 0.394 e. The van der Waals surface area contributed by atoms with Crippen LogP contribution in [0.1, 0.15) is 44.4 Å². The summed E-state index contributed by atoms with van der Waals surface area (Å²) in [5.74, 6) is 0.516. The molecule has 5 aromatic rings. The molecule has 4 aromatic carbocycles. The highest BCUT2D eigenvalue weighted by atomic mass is 32.2. The average molecular weight is 545 g/mol. The van der Waals surface area contributed by atoms with Gasteiger partial charge in [-0.3, -0.25) is 0 Å². The van der Waals surface area contributed by atoms with Crippen LogP contribution in [0.4, 0.5) is 13.2 Å². The Bertz CT molecular complexity index is 1800. The quantitative estimate of drug-likeness (QED) is 0.158. The van der Waals surface area contributed by atoms with E-state index in [1.54, 1.807) is 0 Å². The van der Waals surface area contributed by atoms with Gasteiger partial charge in [-0.25, -0.2) is 4.57 Å². The number of benzene rings is 4. The molecule has 1 aromatic heterocycles. The molecule has 0 saturated heterocycles. The van der Waals surface area contributed by atoms with Gasteiger partial charge in [-0.2, -0.15) is 13.2 Å². The Morgan fingerprint density at radius 2 is 1.62 bits per heavy atom. The molecule has 0 spiro atoms. The van der Waals surface area contributed by atoms with Gasteiger partial charge in [0.15, 0.2) is 6.20 Å². The van der Waals surface area contributed by atoms with Gasteiger partial charge in [-0.1, -0.05) is 81.9 Å². The van der Waals surface area contributed by atoms with E-state index in [4.69, 9.17) is 0 Å². The lowest BCUT2D eigenvalue weighted by Crippen LogP contribution is -2.34. The lowest BCUT2D eigenvalue weighted by molar-refractivity contribution is -0.659. The molecule has 39 heavy (non-hydrogen) atoms. The Morgan fingerprint density at radius 3 is 2.31 bits per heavy atom. The van der Waals surface area contributed by atoms with Crippen LogP contribution in [0.15, 0.2) is 70.6 Å². The summed E-state index contributed by atoms with van der Waals surface area (Å²) in [4.78, 5) is 2.54. The van der Waals surface area contributed by atoms with Gasteiger partial charge in [-0.05, 0) is 70.0 Å². The fourth-order valence-corrected chi connectivity index (χ4v) is 7.55. The van der Waals surface area contributed by atoms with Gasteiger partial charge in [0.2, 0.25) is 5.69 Å². The molecular weight excluding hydrogens is 511 g/mol. The summed E-state index contributed by atoms with van der Waals surface area (Å²) in [6.07, 6.45) is -1.21. The number of halogens is 3. The van der Waals surface area contributed by atoms with Crippen LogP contribution >= 0.6 is 11.8 Å². The number of rotatable bonds is 4. The highest BCUT2D eigenvalue weighted by Crippen LogP contribution is 2.53. The largest absolute Gasteiger partial charge is 0.394 e. The SMILES string of the molecule is Cc1c2c(c(CC(C)C)c3ccccc13)Sc1cc3ccc(CC(C)(C)C(F)(F)F)cc3c3cc[n+](C)c-2c13. The van der Waals surface area contributed by atoms with Gasteiger partial charge in [0.25, 0.3) is 0 Å².